The highest BCUT2D eigenvalue weighted by Gasteiger charge is 1.85. The average Bonchev–Trinajstić information content (AvgIpc) is 2.45. The molecule has 0 radical (unpaired) electrons. The molecule has 0 heterocycles. The highest BCUT2D eigenvalue weighted by atomic mass is 13.9. The van der Waals surface area contributed by atoms with E-state index in [0.717, 1.165) is 0 Å². The topological polar surface area (TPSA) is 0 Å². The molecule has 0 unspecified atom stereocenters. The van der Waals surface area contributed by atoms with Gasteiger partial charge in [0.1, 0.15) is 0 Å². The summed E-state index contributed by atoms with van der Waals surface area (Å²) in [4.78, 5) is 0. The first-order chi connectivity index (χ1) is 7.97. The van der Waals surface area contributed by atoms with Crippen molar-refractivity contribution in [1.29, 1.82) is 0 Å². The molecular weight excluding hydrogens is 216 g/mol. The Labute approximate surface area is 116 Å². The van der Waals surface area contributed by atoms with Crippen LogP contribution in [0.5, 0.6) is 0 Å². The second kappa shape index (κ2) is 21.0. The predicted molar refractivity (Wildman–Crippen MR) is 91.5 cm³/mol. The lowest BCUT2D eigenvalue weighted by Gasteiger charge is -1.92. The molecular formula is C18H34. The van der Waals surface area contributed by atoms with Crippen molar-refractivity contribution in [2.45, 2.75) is 56.4 Å². The number of fused-ring (bicyclic) bond motifs is 1. The van der Waals surface area contributed by atoms with Gasteiger partial charge in [0.05, 0.1) is 0 Å². The van der Waals surface area contributed by atoms with Gasteiger partial charge in [0.15, 0.2) is 0 Å². The van der Waals surface area contributed by atoms with Crippen molar-refractivity contribution >= 4 is 10.8 Å². The lowest BCUT2D eigenvalue weighted by molar-refractivity contribution is 1.50. The van der Waals surface area contributed by atoms with E-state index in [4.69, 9.17) is 0 Å². The quantitative estimate of drug-likeness (QED) is 0.464. The SMILES string of the molecule is C.C.CC.CC.CC.c1ccc2ccccc2c1. The van der Waals surface area contributed by atoms with Gasteiger partial charge in [-0.1, -0.05) is 105 Å². The minimum absolute atomic E-state index is 0. The maximum atomic E-state index is 2.12. The van der Waals surface area contributed by atoms with Crippen molar-refractivity contribution in [2.75, 3.05) is 0 Å². The van der Waals surface area contributed by atoms with Crippen LogP contribution < -0.4 is 0 Å². The molecule has 0 aliphatic rings. The Balaban J connectivity index is -0.000000109. The van der Waals surface area contributed by atoms with Crippen molar-refractivity contribution in [1.82, 2.24) is 0 Å². The van der Waals surface area contributed by atoms with Gasteiger partial charge in [-0.25, -0.2) is 0 Å². The normalized spacial score (nSPS) is 6.56. The Morgan fingerprint density at radius 1 is 0.444 bits per heavy atom. The Morgan fingerprint density at radius 2 is 0.611 bits per heavy atom. The molecule has 0 fully saturated rings. The van der Waals surface area contributed by atoms with Gasteiger partial charge in [-0.2, -0.15) is 0 Å². The molecule has 0 saturated heterocycles. The molecule has 0 bridgehead atoms. The summed E-state index contributed by atoms with van der Waals surface area (Å²) in [5.41, 5.74) is 0. The minimum Gasteiger partial charge on any atom is -0.0776 e. The van der Waals surface area contributed by atoms with Gasteiger partial charge in [0, 0.05) is 0 Å². The molecule has 0 atom stereocenters. The smallest absolute Gasteiger partial charge is 0.0184 e. The molecule has 0 nitrogen and oxygen atoms in total. The van der Waals surface area contributed by atoms with E-state index in [9.17, 15) is 0 Å². The highest BCUT2D eigenvalue weighted by molar-refractivity contribution is 5.81. The van der Waals surface area contributed by atoms with Gasteiger partial charge in [0.2, 0.25) is 0 Å². The summed E-state index contributed by atoms with van der Waals surface area (Å²) in [7, 11) is 0. The fraction of sp³-hybridized carbons (Fsp3) is 0.444. The van der Waals surface area contributed by atoms with Crippen LogP contribution in [-0.4, -0.2) is 0 Å². The summed E-state index contributed by atoms with van der Waals surface area (Å²) >= 11 is 0. The van der Waals surface area contributed by atoms with Crippen LogP contribution in [-0.2, 0) is 0 Å². The first-order valence-electron chi connectivity index (χ1n) is 6.40. The van der Waals surface area contributed by atoms with Crippen LogP contribution in [0.3, 0.4) is 0 Å². The van der Waals surface area contributed by atoms with E-state index < -0.39 is 0 Å². The van der Waals surface area contributed by atoms with Gasteiger partial charge < -0.3 is 0 Å². The molecule has 0 N–H and O–H groups in total. The summed E-state index contributed by atoms with van der Waals surface area (Å²) in [5.74, 6) is 0. The van der Waals surface area contributed by atoms with E-state index >= 15 is 0 Å². The van der Waals surface area contributed by atoms with Crippen LogP contribution in [0, 0.1) is 0 Å². The van der Waals surface area contributed by atoms with Gasteiger partial charge in [0.25, 0.3) is 0 Å². The monoisotopic (exact) mass is 250 g/mol. The van der Waals surface area contributed by atoms with Gasteiger partial charge in [-0.15, -0.1) is 0 Å². The second-order valence-corrected chi connectivity index (χ2v) is 2.35. The zero-order chi connectivity index (χ0) is 12.8. The van der Waals surface area contributed by atoms with Crippen molar-refractivity contribution in [3.8, 4) is 0 Å². The van der Waals surface area contributed by atoms with Gasteiger partial charge >= 0.3 is 0 Å². The summed E-state index contributed by atoms with van der Waals surface area (Å²) in [6, 6.07) is 16.7. The van der Waals surface area contributed by atoms with E-state index in [2.05, 4.69) is 48.5 Å². The maximum absolute atomic E-state index is 2.12. The summed E-state index contributed by atoms with van der Waals surface area (Å²) < 4.78 is 0. The first kappa shape index (κ1) is 25.5. The van der Waals surface area contributed by atoms with Gasteiger partial charge in [-0.3, -0.25) is 0 Å². The Hall–Kier alpha value is -1.30. The molecule has 0 spiro atoms. The van der Waals surface area contributed by atoms with Crippen molar-refractivity contribution in [3.05, 3.63) is 48.5 Å². The van der Waals surface area contributed by atoms with Crippen molar-refractivity contribution < 1.29 is 0 Å². The third kappa shape index (κ3) is 9.89. The molecule has 0 aliphatic carbocycles. The van der Waals surface area contributed by atoms with E-state index in [1.807, 2.05) is 41.5 Å². The number of hydrogen-bond donors (Lipinski definition) is 0. The molecule has 2 aromatic rings. The van der Waals surface area contributed by atoms with Crippen LogP contribution in [0.25, 0.3) is 10.8 Å². The Bertz CT molecular complexity index is 271. The molecule has 18 heavy (non-hydrogen) atoms. The number of hydrogen-bond acceptors (Lipinski definition) is 0. The van der Waals surface area contributed by atoms with Crippen LogP contribution in [0.2, 0.25) is 0 Å². The molecule has 0 amide bonds. The molecule has 0 aromatic heterocycles. The largest absolute Gasteiger partial charge is 0.0776 e. The maximum Gasteiger partial charge on any atom is -0.0184 e. The lowest BCUT2D eigenvalue weighted by atomic mass is 10.1. The first-order valence-corrected chi connectivity index (χ1v) is 6.40. The number of rotatable bonds is 0. The van der Waals surface area contributed by atoms with Crippen LogP contribution in [0.4, 0.5) is 0 Å². The third-order valence-electron chi connectivity index (χ3n) is 1.66. The summed E-state index contributed by atoms with van der Waals surface area (Å²) in [6.07, 6.45) is 0. The molecule has 2 rings (SSSR count). The van der Waals surface area contributed by atoms with Gasteiger partial charge in [-0.05, 0) is 10.8 Å². The van der Waals surface area contributed by atoms with E-state index in [1.165, 1.54) is 10.8 Å². The average molecular weight is 250 g/mol. The Kier molecular flexibility index (Phi) is 29.8. The molecule has 2 aromatic carbocycles. The summed E-state index contributed by atoms with van der Waals surface area (Å²) in [5, 5.41) is 2.62. The fourth-order valence-electron chi connectivity index (χ4n) is 1.13. The van der Waals surface area contributed by atoms with Crippen molar-refractivity contribution in [3.63, 3.8) is 0 Å². The predicted octanol–water partition coefficient (Wildman–Crippen LogP) is 7.19. The molecule has 0 heteroatoms. The van der Waals surface area contributed by atoms with Crippen LogP contribution in [0.15, 0.2) is 48.5 Å². The fourth-order valence-corrected chi connectivity index (χ4v) is 1.13. The van der Waals surface area contributed by atoms with E-state index in [0.29, 0.717) is 0 Å². The van der Waals surface area contributed by atoms with Crippen molar-refractivity contribution in [2.24, 2.45) is 0 Å². The van der Waals surface area contributed by atoms with E-state index in [-0.39, 0.29) is 14.9 Å². The standard InChI is InChI=1S/C10H8.3C2H6.2CH4/c1-2-6-10-8-4-3-7-9(10)5-1;3*1-2;;/h1-8H;3*1-2H3;2*1H4. The van der Waals surface area contributed by atoms with E-state index in [1.54, 1.807) is 0 Å². The highest BCUT2D eigenvalue weighted by Crippen LogP contribution is 2.11. The summed E-state index contributed by atoms with van der Waals surface area (Å²) in [6.45, 7) is 12.0. The Morgan fingerprint density at radius 3 is 0.778 bits per heavy atom. The minimum atomic E-state index is 0. The second-order valence-electron chi connectivity index (χ2n) is 2.35. The van der Waals surface area contributed by atoms with Crippen LogP contribution >= 0.6 is 0 Å². The zero-order valence-electron chi connectivity index (χ0n) is 11.6. The molecule has 106 valence electrons. The zero-order valence-corrected chi connectivity index (χ0v) is 11.6. The lowest BCUT2D eigenvalue weighted by Crippen LogP contribution is -1.67. The molecule has 0 aliphatic heterocycles. The molecule has 0 saturated carbocycles. The number of benzene rings is 2. The third-order valence-corrected chi connectivity index (χ3v) is 1.66. The van der Waals surface area contributed by atoms with Crippen LogP contribution in [0.1, 0.15) is 56.4 Å².